The first-order valence-electron chi connectivity index (χ1n) is 12.4. The number of halogens is 3. The van der Waals surface area contributed by atoms with Crippen LogP contribution in [0.1, 0.15) is 36.6 Å². The standard InChI is InChI=1S/C30H23Cl2FN2O4S/c1-3-38-29(37)26-17(2)34-30-35(27(26)19-6-11-23(33)12-7-19)28(36)25(40-30)15-20-14-22(32)10-13-24(20)39-16-18-4-8-21(31)9-5-18/h4-15,27H,3,16H2,1-2H3/b25-15-/t27-/m0/s1. The van der Waals surface area contributed by atoms with Gasteiger partial charge in [0.05, 0.1) is 28.5 Å². The molecular weight excluding hydrogens is 574 g/mol. The van der Waals surface area contributed by atoms with Crippen molar-refractivity contribution in [2.24, 2.45) is 4.99 Å². The largest absolute Gasteiger partial charge is 0.488 e. The summed E-state index contributed by atoms with van der Waals surface area (Å²) in [4.78, 5) is 31.8. The third-order valence-electron chi connectivity index (χ3n) is 6.27. The van der Waals surface area contributed by atoms with Crippen LogP contribution in [0.2, 0.25) is 10.0 Å². The number of nitrogens with zero attached hydrogens (tertiary/aromatic N) is 2. The van der Waals surface area contributed by atoms with E-state index in [0.29, 0.717) is 42.0 Å². The maximum absolute atomic E-state index is 13.9. The molecule has 204 valence electrons. The maximum atomic E-state index is 13.9. The highest BCUT2D eigenvalue weighted by Crippen LogP contribution is 2.31. The SMILES string of the molecule is CCOC(=O)C1=C(C)N=c2s/c(=C\c3cc(Cl)ccc3OCc3ccc(Cl)cc3)c(=O)n2[C@H]1c1ccc(F)cc1. The van der Waals surface area contributed by atoms with Crippen LogP contribution in [0.15, 0.2) is 87.8 Å². The molecule has 0 N–H and O–H groups in total. The quantitative estimate of drug-likeness (QED) is 0.252. The minimum absolute atomic E-state index is 0.156. The molecule has 40 heavy (non-hydrogen) atoms. The van der Waals surface area contributed by atoms with Gasteiger partial charge in [0.25, 0.3) is 5.56 Å². The van der Waals surface area contributed by atoms with E-state index in [0.717, 1.165) is 5.56 Å². The van der Waals surface area contributed by atoms with Crippen LogP contribution >= 0.6 is 34.5 Å². The van der Waals surface area contributed by atoms with Crippen molar-refractivity contribution in [3.8, 4) is 5.75 Å². The molecule has 10 heteroatoms. The Balaban J connectivity index is 1.61. The summed E-state index contributed by atoms with van der Waals surface area (Å²) in [5.74, 6) is -0.481. The lowest BCUT2D eigenvalue weighted by atomic mass is 9.96. The van der Waals surface area contributed by atoms with Gasteiger partial charge in [0.2, 0.25) is 0 Å². The maximum Gasteiger partial charge on any atom is 0.338 e. The summed E-state index contributed by atoms with van der Waals surface area (Å²) in [5, 5.41) is 1.11. The molecule has 3 aromatic carbocycles. The summed E-state index contributed by atoms with van der Waals surface area (Å²) >= 11 is 13.5. The lowest BCUT2D eigenvalue weighted by molar-refractivity contribution is -0.139. The average Bonchev–Trinajstić information content (AvgIpc) is 3.23. The summed E-state index contributed by atoms with van der Waals surface area (Å²) in [6, 6.07) is 17.3. The summed E-state index contributed by atoms with van der Waals surface area (Å²) in [7, 11) is 0. The zero-order valence-corrected chi connectivity index (χ0v) is 23.8. The zero-order valence-electron chi connectivity index (χ0n) is 21.5. The molecule has 1 aromatic heterocycles. The van der Waals surface area contributed by atoms with Crippen molar-refractivity contribution in [2.75, 3.05) is 6.61 Å². The molecule has 4 aromatic rings. The predicted molar refractivity (Wildman–Crippen MR) is 154 cm³/mol. The number of allylic oxidation sites excluding steroid dienone is 1. The molecule has 0 spiro atoms. The highest BCUT2D eigenvalue weighted by molar-refractivity contribution is 7.07. The Morgan fingerprint density at radius 1 is 1.07 bits per heavy atom. The van der Waals surface area contributed by atoms with Crippen molar-refractivity contribution in [1.29, 1.82) is 0 Å². The third-order valence-corrected chi connectivity index (χ3v) is 7.74. The highest BCUT2D eigenvalue weighted by Gasteiger charge is 2.33. The van der Waals surface area contributed by atoms with Crippen LogP contribution in [0.4, 0.5) is 4.39 Å². The topological polar surface area (TPSA) is 69.9 Å². The number of fused-ring (bicyclic) bond motifs is 1. The fraction of sp³-hybridized carbons (Fsp3) is 0.167. The van der Waals surface area contributed by atoms with Gasteiger partial charge in [-0.3, -0.25) is 9.36 Å². The van der Waals surface area contributed by atoms with E-state index in [2.05, 4.69) is 4.99 Å². The van der Waals surface area contributed by atoms with E-state index in [1.807, 2.05) is 12.1 Å². The van der Waals surface area contributed by atoms with Crippen molar-refractivity contribution in [3.63, 3.8) is 0 Å². The average molecular weight is 597 g/mol. The molecular formula is C30H23Cl2FN2O4S. The van der Waals surface area contributed by atoms with Gasteiger partial charge in [-0.15, -0.1) is 0 Å². The summed E-state index contributed by atoms with van der Waals surface area (Å²) in [5.41, 5.74) is 2.37. The minimum Gasteiger partial charge on any atom is -0.488 e. The summed E-state index contributed by atoms with van der Waals surface area (Å²) < 4.78 is 26.9. The fourth-order valence-corrected chi connectivity index (χ4v) is 5.74. The summed E-state index contributed by atoms with van der Waals surface area (Å²) in [6.45, 7) is 3.84. The molecule has 0 saturated carbocycles. The number of carbonyl (C=O) groups excluding carboxylic acids is 1. The van der Waals surface area contributed by atoms with Gasteiger partial charge >= 0.3 is 5.97 Å². The van der Waals surface area contributed by atoms with Gasteiger partial charge in [0.1, 0.15) is 18.2 Å². The number of hydrogen-bond acceptors (Lipinski definition) is 6. The number of aromatic nitrogens is 1. The number of ether oxygens (including phenoxy) is 2. The van der Waals surface area contributed by atoms with Crippen molar-refractivity contribution < 1.29 is 18.7 Å². The van der Waals surface area contributed by atoms with Crippen LogP contribution < -0.4 is 19.6 Å². The van der Waals surface area contributed by atoms with Gasteiger partial charge in [-0.2, -0.15) is 0 Å². The fourth-order valence-electron chi connectivity index (χ4n) is 4.40. The van der Waals surface area contributed by atoms with Crippen LogP contribution in [0.25, 0.3) is 6.08 Å². The second kappa shape index (κ2) is 11.8. The second-order valence-electron chi connectivity index (χ2n) is 8.95. The number of carbonyl (C=O) groups is 1. The molecule has 0 saturated heterocycles. The molecule has 0 amide bonds. The normalized spacial score (nSPS) is 15.0. The van der Waals surface area contributed by atoms with E-state index >= 15 is 0 Å². The Hall–Kier alpha value is -3.72. The Kier molecular flexibility index (Phi) is 8.21. The van der Waals surface area contributed by atoms with Crippen molar-refractivity contribution in [1.82, 2.24) is 4.57 Å². The predicted octanol–water partition coefficient (Wildman–Crippen LogP) is 5.82. The Labute approximate surface area is 243 Å². The molecule has 6 nitrogen and oxygen atoms in total. The van der Waals surface area contributed by atoms with E-state index in [1.54, 1.807) is 62.4 Å². The van der Waals surface area contributed by atoms with Gasteiger partial charge < -0.3 is 9.47 Å². The highest BCUT2D eigenvalue weighted by atomic mass is 35.5. The van der Waals surface area contributed by atoms with E-state index in [1.165, 1.54) is 28.0 Å². The number of hydrogen-bond donors (Lipinski definition) is 0. The number of rotatable bonds is 7. The van der Waals surface area contributed by atoms with E-state index < -0.39 is 17.8 Å². The van der Waals surface area contributed by atoms with Crippen LogP contribution in [-0.4, -0.2) is 17.1 Å². The zero-order chi connectivity index (χ0) is 28.4. The second-order valence-corrected chi connectivity index (χ2v) is 10.8. The van der Waals surface area contributed by atoms with E-state index in [4.69, 9.17) is 32.7 Å². The Bertz CT molecular complexity index is 1800. The number of esters is 1. The molecule has 0 fully saturated rings. The van der Waals surface area contributed by atoms with E-state index in [-0.39, 0.29) is 24.3 Å². The first-order valence-corrected chi connectivity index (χ1v) is 13.9. The van der Waals surface area contributed by atoms with Gasteiger partial charge in [-0.05, 0) is 73.5 Å². The van der Waals surface area contributed by atoms with E-state index in [9.17, 15) is 14.0 Å². The third kappa shape index (κ3) is 5.75. The van der Waals surface area contributed by atoms with Gasteiger partial charge in [-0.25, -0.2) is 14.2 Å². The number of benzene rings is 3. The molecule has 0 bridgehead atoms. The van der Waals surface area contributed by atoms with Gasteiger partial charge in [0.15, 0.2) is 4.80 Å². The van der Waals surface area contributed by atoms with Crippen molar-refractivity contribution in [2.45, 2.75) is 26.5 Å². The lowest BCUT2D eigenvalue weighted by Crippen LogP contribution is -2.39. The molecule has 0 radical (unpaired) electrons. The molecule has 0 unspecified atom stereocenters. The monoisotopic (exact) mass is 596 g/mol. The Morgan fingerprint density at radius 3 is 2.48 bits per heavy atom. The van der Waals surface area contributed by atoms with Crippen molar-refractivity contribution in [3.05, 3.63) is 130 Å². The Morgan fingerprint density at radius 2 is 1.77 bits per heavy atom. The molecule has 1 atom stereocenters. The molecule has 1 aliphatic heterocycles. The van der Waals surface area contributed by atoms with Gasteiger partial charge in [-0.1, -0.05) is 58.8 Å². The number of thiazole rings is 1. The lowest BCUT2D eigenvalue weighted by Gasteiger charge is -2.24. The van der Waals surface area contributed by atoms with Crippen molar-refractivity contribution >= 4 is 46.6 Å². The summed E-state index contributed by atoms with van der Waals surface area (Å²) in [6.07, 6.45) is 1.69. The van der Waals surface area contributed by atoms with Crippen LogP contribution in [0, 0.1) is 5.82 Å². The first kappa shape index (κ1) is 27.8. The minimum atomic E-state index is -0.835. The molecule has 1 aliphatic rings. The molecule has 5 rings (SSSR count). The van der Waals surface area contributed by atoms with Crippen LogP contribution in [0.3, 0.4) is 0 Å². The molecule has 0 aliphatic carbocycles. The first-order chi connectivity index (χ1) is 19.2. The van der Waals surface area contributed by atoms with Crippen LogP contribution in [0.5, 0.6) is 5.75 Å². The smallest absolute Gasteiger partial charge is 0.338 e. The van der Waals surface area contributed by atoms with Gasteiger partial charge in [0, 0.05) is 15.6 Å². The van der Waals surface area contributed by atoms with Crippen LogP contribution in [-0.2, 0) is 16.1 Å². The molecule has 2 heterocycles.